The van der Waals surface area contributed by atoms with E-state index < -0.39 is 0 Å². The maximum absolute atomic E-state index is 5.65. The van der Waals surface area contributed by atoms with Gasteiger partial charge < -0.3 is 15.0 Å². The van der Waals surface area contributed by atoms with E-state index in [4.69, 9.17) is 10.5 Å². The number of rotatable bonds is 4. The highest BCUT2D eigenvalue weighted by atomic mass is 16.5. The second kappa shape index (κ2) is 4.58. The van der Waals surface area contributed by atoms with Crippen molar-refractivity contribution in [2.24, 2.45) is 11.7 Å². The molecule has 0 fully saturated rings. The molecule has 86 valence electrons. The van der Waals surface area contributed by atoms with Gasteiger partial charge in [-0.15, -0.1) is 0 Å². The van der Waals surface area contributed by atoms with E-state index in [1.54, 1.807) is 7.11 Å². The maximum atomic E-state index is 5.65. The first-order valence-corrected chi connectivity index (χ1v) is 5.58. The Morgan fingerprint density at radius 3 is 2.88 bits per heavy atom. The molecule has 0 aliphatic carbocycles. The third-order valence-electron chi connectivity index (χ3n) is 2.90. The van der Waals surface area contributed by atoms with Crippen LogP contribution >= 0.6 is 0 Å². The molecule has 3 heteroatoms. The molecule has 1 heterocycles. The van der Waals surface area contributed by atoms with E-state index in [-0.39, 0.29) is 0 Å². The Hall–Kier alpha value is -1.48. The fraction of sp³-hybridized carbons (Fsp3) is 0.385. The van der Waals surface area contributed by atoms with Gasteiger partial charge in [0.1, 0.15) is 5.75 Å². The van der Waals surface area contributed by atoms with Crippen LogP contribution in [-0.2, 0) is 6.54 Å². The highest BCUT2D eigenvalue weighted by Gasteiger charge is 2.07. The van der Waals surface area contributed by atoms with Crippen LogP contribution in [0.15, 0.2) is 30.5 Å². The third-order valence-corrected chi connectivity index (χ3v) is 2.90. The Morgan fingerprint density at radius 2 is 2.19 bits per heavy atom. The number of ether oxygens (including phenoxy) is 1. The smallest absolute Gasteiger partial charge is 0.128 e. The summed E-state index contributed by atoms with van der Waals surface area (Å²) in [7, 11) is 1.70. The molecule has 0 spiro atoms. The number of hydrogen-bond donors (Lipinski definition) is 1. The molecule has 1 unspecified atom stereocenters. The van der Waals surface area contributed by atoms with E-state index in [9.17, 15) is 0 Å². The third kappa shape index (κ3) is 1.91. The van der Waals surface area contributed by atoms with Crippen molar-refractivity contribution in [3.63, 3.8) is 0 Å². The summed E-state index contributed by atoms with van der Waals surface area (Å²) < 4.78 is 7.57. The minimum absolute atomic E-state index is 0.488. The van der Waals surface area contributed by atoms with Crippen molar-refractivity contribution in [2.75, 3.05) is 13.7 Å². The molecule has 0 saturated heterocycles. The van der Waals surface area contributed by atoms with E-state index in [0.717, 1.165) is 17.7 Å². The Balaban J connectivity index is 2.41. The summed E-state index contributed by atoms with van der Waals surface area (Å²) in [4.78, 5) is 0. The predicted molar refractivity (Wildman–Crippen MR) is 66.7 cm³/mol. The van der Waals surface area contributed by atoms with Crippen LogP contribution in [0.1, 0.15) is 6.92 Å². The van der Waals surface area contributed by atoms with Crippen molar-refractivity contribution in [1.29, 1.82) is 0 Å². The fourth-order valence-electron chi connectivity index (χ4n) is 1.94. The first-order chi connectivity index (χ1) is 7.76. The van der Waals surface area contributed by atoms with E-state index in [1.165, 1.54) is 5.52 Å². The Labute approximate surface area is 95.8 Å². The average molecular weight is 218 g/mol. The maximum Gasteiger partial charge on any atom is 0.128 e. The Morgan fingerprint density at radius 1 is 1.38 bits per heavy atom. The minimum Gasteiger partial charge on any atom is -0.496 e. The summed E-state index contributed by atoms with van der Waals surface area (Å²) in [5.74, 6) is 1.42. The topological polar surface area (TPSA) is 40.2 Å². The van der Waals surface area contributed by atoms with Crippen molar-refractivity contribution in [3.05, 3.63) is 30.5 Å². The number of fused-ring (bicyclic) bond motifs is 1. The van der Waals surface area contributed by atoms with Gasteiger partial charge in [-0.1, -0.05) is 13.0 Å². The van der Waals surface area contributed by atoms with E-state index in [0.29, 0.717) is 12.5 Å². The standard InChI is InChI=1S/C13H18N2O/c1-10(8-14)9-15-7-6-11-12(15)4-3-5-13(11)16-2/h3-7,10H,8-9,14H2,1-2H3. The van der Waals surface area contributed by atoms with Gasteiger partial charge in [-0.2, -0.15) is 0 Å². The molecule has 2 N–H and O–H groups in total. The lowest BCUT2D eigenvalue weighted by Crippen LogP contribution is -2.16. The summed E-state index contributed by atoms with van der Waals surface area (Å²) in [6.45, 7) is 3.82. The van der Waals surface area contributed by atoms with Gasteiger partial charge in [0.05, 0.1) is 12.6 Å². The van der Waals surface area contributed by atoms with Crippen LogP contribution in [0.25, 0.3) is 10.9 Å². The highest BCUT2D eigenvalue weighted by Crippen LogP contribution is 2.26. The van der Waals surface area contributed by atoms with Crippen LogP contribution in [0.4, 0.5) is 0 Å². The first-order valence-electron chi connectivity index (χ1n) is 5.58. The zero-order chi connectivity index (χ0) is 11.5. The van der Waals surface area contributed by atoms with Gasteiger partial charge >= 0.3 is 0 Å². The normalized spacial score (nSPS) is 12.9. The average Bonchev–Trinajstić information content (AvgIpc) is 2.72. The summed E-state index contributed by atoms with van der Waals surface area (Å²) in [6, 6.07) is 8.21. The van der Waals surface area contributed by atoms with Gasteiger partial charge in [0.15, 0.2) is 0 Å². The molecule has 0 aliphatic heterocycles. The quantitative estimate of drug-likeness (QED) is 0.855. The minimum atomic E-state index is 0.488. The molecule has 16 heavy (non-hydrogen) atoms. The number of aromatic nitrogens is 1. The molecule has 2 rings (SSSR count). The lowest BCUT2D eigenvalue weighted by molar-refractivity contribution is 0.419. The Kier molecular flexibility index (Phi) is 3.15. The van der Waals surface area contributed by atoms with Gasteiger partial charge in [-0.25, -0.2) is 0 Å². The molecule has 2 aromatic rings. The van der Waals surface area contributed by atoms with E-state index in [1.807, 2.05) is 12.1 Å². The number of benzene rings is 1. The molecule has 1 atom stereocenters. The van der Waals surface area contributed by atoms with Crippen LogP contribution in [-0.4, -0.2) is 18.2 Å². The molecule has 0 radical (unpaired) electrons. The largest absolute Gasteiger partial charge is 0.496 e. The zero-order valence-electron chi connectivity index (χ0n) is 9.81. The monoisotopic (exact) mass is 218 g/mol. The first kappa shape index (κ1) is 11.0. The van der Waals surface area contributed by atoms with Crippen molar-refractivity contribution in [3.8, 4) is 5.75 Å². The Bertz CT molecular complexity index is 476. The second-order valence-electron chi connectivity index (χ2n) is 4.20. The molecule has 0 bridgehead atoms. The molecule has 3 nitrogen and oxygen atoms in total. The van der Waals surface area contributed by atoms with Gasteiger partial charge in [0.2, 0.25) is 0 Å². The van der Waals surface area contributed by atoms with Crippen molar-refractivity contribution in [2.45, 2.75) is 13.5 Å². The second-order valence-corrected chi connectivity index (χ2v) is 4.20. The summed E-state index contributed by atoms with van der Waals surface area (Å²) in [5, 5.41) is 1.16. The number of methoxy groups -OCH3 is 1. The van der Waals surface area contributed by atoms with E-state index in [2.05, 4.69) is 29.8 Å². The van der Waals surface area contributed by atoms with Crippen molar-refractivity contribution in [1.82, 2.24) is 4.57 Å². The number of nitrogens with two attached hydrogens (primary N) is 1. The van der Waals surface area contributed by atoms with Gasteiger partial charge in [-0.05, 0) is 30.7 Å². The number of hydrogen-bond acceptors (Lipinski definition) is 2. The van der Waals surface area contributed by atoms with Crippen LogP contribution < -0.4 is 10.5 Å². The molecular formula is C13H18N2O. The summed E-state index contributed by atoms with van der Waals surface area (Å²) in [5.41, 5.74) is 6.86. The van der Waals surface area contributed by atoms with Crippen LogP contribution in [0.5, 0.6) is 5.75 Å². The summed E-state index contributed by atoms with van der Waals surface area (Å²) >= 11 is 0. The van der Waals surface area contributed by atoms with Gasteiger partial charge in [0.25, 0.3) is 0 Å². The van der Waals surface area contributed by atoms with Crippen LogP contribution in [0, 0.1) is 5.92 Å². The number of nitrogens with zero attached hydrogens (tertiary/aromatic N) is 1. The fourth-order valence-corrected chi connectivity index (χ4v) is 1.94. The van der Waals surface area contributed by atoms with Crippen LogP contribution in [0.3, 0.4) is 0 Å². The molecule has 1 aromatic heterocycles. The SMILES string of the molecule is COc1cccc2c1ccn2CC(C)CN. The molecule has 1 aromatic carbocycles. The summed E-state index contributed by atoms with van der Waals surface area (Å²) in [6.07, 6.45) is 2.10. The zero-order valence-corrected chi connectivity index (χ0v) is 9.81. The molecule has 0 saturated carbocycles. The molecule has 0 amide bonds. The molecular weight excluding hydrogens is 200 g/mol. The van der Waals surface area contributed by atoms with Gasteiger partial charge in [0, 0.05) is 18.1 Å². The van der Waals surface area contributed by atoms with Crippen LogP contribution in [0.2, 0.25) is 0 Å². The lowest BCUT2D eigenvalue weighted by Gasteiger charge is -2.11. The predicted octanol–water partition coefficient (Wildman–Crippen LogP) is 2.24. The van der Waals surface area contributed by atoms with E-state index >= 15 is 0 Å². The highest BCUT2D eigenvalue weighted by molar-refractivity contribution is 5.86. The van der Waals surface area contributed by atoms with Crippen molar-refractivity contribution < 1.29 is 4.74 Å². The van der Waals surface area contributed by atoms with Crippen molar-refractivity contribution >= 4 is 10.9 Å². The molecule has 0 aliphatic rings. The lowest BCUT2D eigenvalue weighted by atomic mass is 10.2. The van der Waals surface area contributed by atoms with Gasteiger partial charge in [-0.3, -0.25) is 0 Å².